The molecule has 1 saturated heterocycles. The number of aryl methyl sites for hydroxylation is 1. The Hall–Kier alpha value is -0.410. The van der Waals surface area contributed by atoms with Crippen molar-refractivity contribution in [3.05, 3.63) is 29.8 Å². The molecule has 1 heterocycles. The lowest BCUT2D eigenvalue weighted by Gasteiger charge is -2.10. The molecular weight excluding hydrogens is 210 g/mol. The maximum atomic E-state index is 4.60. The molecule has 0 radical (unpaired) electrons. The van der Waals surface area contributed by atoms with Crippen LogP contribution < -0.4 is 0 Å². The lowest BCUT2D eigenvalue weighted by molar-refractivity contribution is 1.13. The zero-order valence-electron chi connectivity index (χ0n) is 8.19. The van der Waals surface area contributed by atoms with Crippen LogP contribution >= 0.6 is 23.5 Å². The van der Waals surface area contributed by atoms with Crippen molar-refractivity contribution < 1.29 is 0 Å². The van der Waals surface area contributed by atoms with E-state index in [9.17, 15) is 0 Å². The van der Waals surface area contributed by atoms with Crippen molar-refractivity contribution in [1.82, 2.24) is 0 Å². The minimum atomic E-state index is 1.08. The Morgan fingerprint density at radius 2 is 1.71 bits per heavy atom. The molecule has 0 amide bonds. The Morgan fingerprint density at radius 1 is 1.07 bits per heavy atom. The topological polar surface area (TPSA) is 12.4 Å². The van der Waals surface area contributed by atoms with E-state index in [1.807, 2.05) is 23.5 Å². The molecule has 1 aromatic carbocycles. The molecule has 14 heavy (non-hydrogen) atoms. The summed E-state index contributed by atoms with van der Waals surface area (Å²) in [7, 11) is 0. The zero-order valence-corrected chi connectivity index (χ0v) is 9.83. The third-order valence-electron chi connectivity index (χ3n) is 1.99. The van der Waals surface area contributed by atoms with Crippen LogP contribution in [0.1, 0.15) is 12.0 Å². The van der Waals surface area contributed by atoms with E-state index in [0.717, 1.165) is 5.69 Å². The van der Waals surface area contributed by atoms with Gasteiger partial charge in [0, 0.05) is 11.5 Å². The van der Waals surface area contributed by atoms with E-state index >= 15 is 0 Å². The third kappa shape index (κ3) is 2.79. The summed E-state index contributed by atoms with van der Waals surface area (Å²) < 4.78 is 1.22. The number of aliphatic imine (C=N–C) groups is 1. The highest BCUT2D eigenvalue weighted by molar-refractivity contribution is 8.39. The number of thioether (sulfide) groups is 2. The second-order valence-electron chi connectivity index (χ2n) is 3.26. The van der Waals surface area contributed by atoms with Crippen molar-refractivity contribution in [3.8, 4) is 0 Å². The number of benzene rings is 1. The van der Waals surface area contributed by atoms with Gasteiger partial charge in [-0.05, 0) is 25.5 Å². The highest BCUT2D eigenvalue weighted by Crippen LogP contribution is 2.28. The average Bonchev–Trinajstić information content (AvgIpc) is 2.23. The minimum Gasteiger partial charge on any atom is -0.235 e. The number of rotatable bonds is 1. The number of nitrogens with zero attached hydrogens (tertiary/aromatic N) is 1. The molecule has 0 spiro atoms. The monoisotopic (exact) mass is 223 g/mol. The maximum absolute atomic E-state index is 4.60. The van der Waals surface area contributed by atoms with Crippen molar-refractivity contribution in [2.24, 2.45) is 4.99 Å². The van der Waals surface area contributed by atoms with Gasteiger partial charge < -0.3 is 0 Å². The van der Waals surface area contributed by atoms with Crippen LogP contribution in [0.2, 0.25) is 0 Å². The molecule has 1 aliphatic heterocycles. The lowest BCUT2D eigenvalue weighted by atomic mass is 10.2. The van der Waals surface area contributed by atoms with E-state index < -0.39 is 0 Å². The van der Waals surface area contributed by atoms with E-state index in [4.69, 9.17) is 0 Å². The molecule has 0 N–H and O–H groups in total. The normalized spacial score (nSPS) is 16.8. The summed E-state index contributed by atoms with van der Waals surface area (Å²) >= 11 is 3.75. The molecule has 2 rings (SSSR count). The van der Waals surface area contributed by atoms with Crippen molar-refractivity contribution >= 4 is 33.6 Å². The summed E-state index contributed by atoms with van der Waals surface area (Å²) in [6, 6.07) is 8.38. The molecule has 1 aromatic rings. The molecular formula is C11H13NS2. The van der Waals surface area contributed by atoms with Gasteiger partial charge in [0.2, 0.25) is 0 Å². The lowest BCUT2D eigenvalue weighted by Crippen LogP contribution is -1.98. The zero-order chi connectivity index (χ0) is 9.80. The summed E-state index contributed by atoms with van der Waals surface area (Å²) in [6.07, 6.45) is 1.31. The van der Waals surface area contributed by atoms with Crippen molar-refractivity contribution in [2.75, 3.05) is 11.5 Å². The van der Waals surface area contributed by atoms with Gasteiger partial charge in [0.25, 0.3) is 0 Å². The highest BCUT2D eigenvalue weighted by atomic mass is 32.2. The Kier molecular flexibility index (Phi) is 3.54. The summed E-state index contributed by atoms with van der Waals surface area (Å²) in [5, 5.41) is 0. The van der Waals surface area contributed by atoms with Crippen LogP contribution in [0.3, 0.4) is 0 Å². The van der Waals surface area contributed by atoms with Gasteiger partial charge in [-0.3, -0.25) is 0 Å². The first-order chi connectivity index (χ1) is 6.84. The summed E-state index contributed by atoms with van der Waals surface area (Å²) in [4.78, 5) is 4.60. The van der Waals surface area contributed by atoms with Gasteiger partial charge in [0.05, 0.1) is 5.69 Å². The van der Waals surface area contributed by atoms with Gasteiger partial charge in [-0.15, -0.1) is 0 Å². The predicted octanol–water partition coefficient (Wildman–Crippen LogP) is 3.85. The second-order valence-corrected chi connectivity index (χ2v) is 5.69. The Labute approximate surface area is 93.4 Å². The number of hydrogen-bond acceptors (Lipinski definition) is 3. The fraction of sp³-hybridized carbons (Fsp3) is 0.364. The molecule has 0 unspecified atom stereocenters. The van der Waals surface area contributed by atoms with E-state index in [1.165, 1.54) is 27.9 Å². The van der Waals surface area contributed by atoms with Gasteiger partial charge >= 0.3 is 0 Å². The largest absolute Gasteiger partial charge is 0.235 e. The first-order valence-corrected chi connectivity index (χ1v) is 6.73. The van der Waals surface area contributed by atoms with Gasteiger partial charge in [-0.2, -0.15) is 0 Å². The van der Waals surface area contributed by atoms with Crippen molar-refractivity contribution in [2.45, 2.75) is 13.3 Å². The quantitative estimate of drug-likeness (QED) is 0.717. The van der Waals surface area contributed by atoms with E-state index in [1.54, 1.807) is 0 Å². The Balaban J connectivity index is 2.11. The average molecular weight is 223 g/mol. The van der Waals surface area contributed by atoms with Crippen LogP contribution in [-0.4, -0.2) is 15.9 Å². The Bertz CT molecular complexity index is 322. The van der Waals surface area contributed by atoms with Gasteiger partial charge in [-0.25, -0.2) is 4.99 Å². The molecule has 0 aliphatic carbocycles. The predicted molar refractivity (Wildman–Crippen MR) is 67.8 cm³/mol. The molecule has 1 nitrogen and oxygen atoms in total. The van der Waals surface area contributed by atoms with Crippen LogP contribution in [0, 0.1) is 6.92 Å². The molecule has 1 fully saturated rings. The van der Waals surface area contributed by atoms with Crippen LogP contribution in [-0.2, 0) is 0 Å². The van der Waals surface area contributed by atoms with Gasteiger partial charge in [-0.1, -0.05) is 41.2 Å². The molecule has 0 bridgehead atoms. The molecule has 3 heteroatoms. The van der Waals surface area contributed by atoms with Gasteiger partial charge in [0.1, 0.15) is 4.38 Å². The summed E-state index contributed by atoms with van der Waals surface area (Å²) in [5.74, 6) is 2.44. The van der Waals surface area contributed by atoms with E-state index in [0.29, 0.717) is 0 Å². The van der Waals surface area contributed by atoms with Crippen LogP contribution in [0.15, 0.2) is 29.3 Å². The SMILES string of the molecule is Cc1ccc(N=C2SCCCS2)cc1. The van der Waals surface area contributed by atoms with Gasteiger partial charge in [0.15, 0.2) is 0 Å². The van der Waals surface area contributed by atoms with E-state index in [-0.39, 0.29) is 0 Å². The van der Waals surface area contributed by atoms with Crippen molar-refractivity contribution in [3.63, 3.8) is 0 Å². The first-order valence-electron chi connectivity index (χ1n) is 4.75. The second kappa shape index (κ2) is 4.89. The third-order valence-corrected chi connectivity index (χ3v) is 4.36. The summed E-state index contributed by atoms with van der Waals surface area (Å²) in [5.41, 5.74) is 2.37. The highest BCUT2D eigenvalue weighted by Gasteiger charge is 2.07. The Morgan fingerprint density at radius 3 is 2.36 bits per heavy atom. The molecule has 0 atom stereocenters. The summed E-state index contributed by atoms with van der Waals surface area (Å²) in [6.45, 7) is 2.10. The minimum absolute atomic E-state index is 1.08. The smallest absolute Gasteiger partial charge is 0.130 e. The molecule has 0 saturated carbocycles. The molecule has 74 valence electrons. The first kappa shape index (κ1) is 10.1. The number of hydrogen-bond donors (Lipinski definition) is 0. The fourth-order valence-corrected chi connectivity index (χ4v) is 3.49. The van der Waals surface area contributed by atoms with Crippen LogP contribution in [0.25, 0.3) is 0 Å². The fourth-order valence-electron chi connectivity index (χ4n) is 1.21. The molecule has 1 aliphatic rings. The van der Waals surface area contributed by atoms with Crippen LogP contribution in [0.4, 0.5) is 5.69 Å². The van der Waals surface area contributed by atoms with E-state index in [2.05, 4.69) is 36.2 Å². The maximum Gasteiger partial charge on any atom is 0.130 e. The molecule has 0 aromatic heterocycles. The van der Waals surface area contributed by atoms with Crippen molar-refractivity contribution in [1.29, 1.82) is 0 Å². The van der Waals surface area contributed by atoms with Crippen LogP contribution in [0.5, 0.6) is 0 Å². The standard InChI is InChI=1S/C11H13NS2/c1-9-3-5-10(6-4-9)12-11-13-7-2-8-14-11/h3-6H,2,7-8H2,1H3.